The molecule has 1 saturated carbocycles. The van der Waals surface area contributed by atoms with Gasteiger partial charge in [0.1, 0.15) is 0 Å². The lowest BCUT2D eigenvalue weighted by atomic mass is 10.0. The van der Waals surface area contributed by atoms with Crippen molar-refractivity contribution in [3.63, 3.8) is 0 Å². The highest BCUT2D eigenvalue weighted by Crippen LogP contribution is 2.52. The van der Waals surface area contributed by atoms with Gasteiger partial charge in [0, 0.05) is 18.2 Å². The van der Waals surface area contributed by atoms with E-state index in [9.17, 15) is 22.8 Å². The lowest BCUT2D eigenvalue weighted by molar-refractivity contribution is -0.138. The molecule has 1 fully saturated rings. The molecule has 2 aromatic carbocycles. The van der Waals surface area contributed by atoms with Gasteiger partial charge in [-0.3, -0.25) is 4.79 Å². The Morgan fingerprint density at radius 3 is 2.61 bits per heavy atom. The number of esters is 1. The minimum Gasteiger partial charge on any atom is -0.465 e. The Morgan fingerprint density at radius 1 is 1.14 bits per heavy atom. The average molecular weight is 389 g/mol. The Bertz CT molecular complexity index is 954. The second kappa shape index (κ2) is 6.65. The summed E-state index contributed by atoms with van der Waals surface area (Å²) < 4.78 is 44.5. The van der Waals surface area contributed by atoms with Crippen LogP contribution in [-0.4, -0.2) is 25.5 Å². The van der Waals surface area contributed by atoms with Crippen molar-refractivity contribution in [2.45, 2.75) is 24.9 Å². The van der Waals surface area contributed by atoms with E-state index in [0.717, 1.165) is 11.6 Å². The van der Waals surface area contributed by atoms with Gasteiger partial charge in [-0.2, -0.15) is 13.2 Å². The normalized spacial score (nSPS) is 20.6. The summed E-state index contributed by atoms with van der Waals surface area (Å²) in [4.78, 5) is 26.2. The van der Waals surface area contributed by atoms with Crippen LogP contribution in [-0.2, 0) is 22.1 Å². The molecule has 2 aliphatic rings. The summed E-state index contributed by atoms with van der Waals surface area (Å²) in [5.74, 6) is -1.47. The fourth-order valence-electron chi connectivity index (χ4n) is 3.97. The van der Waals surface area contributed by atoms with Crippen molar-refractivity contribution in [1.82, 2.24) is 0 Å². The lowest BCUT2D eigenvalue weighted by Gasteiger charge is -2.18. The van der Waals surface area contributed by atoms with Crippen molar-refractivity contribution < 1.29 is 27.5 Å². The number of hydrogen-bond acceptors (Lipinski definition) is 3. The van der Waals surface area contributed by atoms with Crippen LogP contribution >= 0.6 is 0 Å². The summed E-state index contributed by atoms with van der Waals surface area (Å²) in [6, 6.07) is 10.5. The molecule has 28 heavy (non-hydrogen) atoms. The second-order valence-corrected chi connectivity index (χ2v) is 7.11. The zero-order chi connectivity index (χ0) is 20.1. The van der Waals surface area contributed by atoms with Crippen molar-refractivity contribution in [3.8, 4) is 0 Å². The van der Waals surface area contributed by atoms with Crippen LogP contribution in [0.15, 0.2) is 42.5 Å². The number of nitrogens with zero attached hydrogens (tertiary/aromatic N) is 1. The Balaban J connectivity index is 1.54. The van der Waals surface area contributed by atoms with Gasteiger partial charge in [0.05, 0.1) is 18.2 Å². The number of anilines is 1. The molecule has 146 valence electrons. The Morgan fingerprint density at radius 2 is 1.89 bits per heavy atom. The first kappa shape index (κ1) is 18.5. The molecule has 1 heterocycles. The van der Waals surface area contributed by atoms with Gasteiger partial charge >= 0.3 is 12.1 Å². The minimum absolute atomic E-state index is 0.161. The smallest absolute Gasteiger partial charge is 0.416 e. The van der Waals surface area contributed by atoms with E-state index in [1.807, 2.05) is 0 Å². The number of methoxy groups -OCH3 is 1. The first-order valence-electron chi connectivity index (χ1n) is 9.00. The fourth-order valence-corrected chi connectivity index (χ4v) is 3.97. The minimum atomic E-state index is -4.43. The zero-order valence-corrected chi connectivity index (χ0v) is 15.1. The van der Waals surface area contributed by atoms with Crippen LogP contribution in [0, 0.1) is 5.92 Å². The molecule has 0 N–H and O–H groups in total. The predicted octanol–water partition coefficient (Wildman–Crippen LogP) is 4.18. The highest BCUT2D eigenvalue weighted by atomic mass is 19.4. The highest BCUT2D eigenvalue weighted by Gasteiger charge is 2.49. The maximum Gasteiger partial charge on any atom is 0.416 e. The number of amides is 1. The third-order valence-corrected chi connectivity index (χ3v) is 5.44. The number of alkyl halides is 3. The lowest BCUT2D eigenvalue weighted by Crippen LogP contribution is -2.30. The molecule has 2 aromatic rings. The Kier molecular flexibility index (Phi) is 4.40. The first-order valence-corrected chi connectivity index (χ1v) is 9.00. The molecule has 0 aromatic heterocycles. The van der Waals surface area contributed by atoms with E-state index in [1.165, 1.54) is 19.2 Å². The zero-order valence-electron chi connectivity index (χ0n) is 15.1. The third kappa shape index (κ3) is 3.15. The molecule has 4 rings (SSSR count). The van der Waals surface area contributed by atoms with Crippen molar-refractivity contribution in [2.75, 3.05) is 18.6 Å². The summed E-state index contributed by atoms with van der Waals surface area (Å²) in [5, 5.41) is 0. The van der Waals surface area contributed by atoms with Crippen LogP contribution in [0.1, 0.15) is 39.4 Å². The average Bonchev–Trinajstić information content (AvgIpc) is 3.37. The molecule has 0 saturated heterocycles. The summed E-state index contributed by atoms with van der Waals surface area (Å²) in [6.45, 7) is 0.461. The monoisotopic (exact) mass is 389 g/mol. The SMILES string of the molecule is COC(=O)c1ccc2c(c1)CCN2C(=O)C1CC1c1ccccc1C(F)(F)F. The topological polar surface area (TPSA) is 46.6 Å². The van der Waals surface area contributed by atoms with Crippen LogP contribution in [0.5, 0.6) is 0 Å². The van der Waals surface area contributed by atoms with E-state index in [0.29, 0.717) is 30.6 Å². The van der Waals surface area contributed by atoms with Gasteiger partial charge in [-0.15, -0.1) is 0 Å². The Hall–Kier alpha value is -2.83. The molecule has 2 atom stereocenters. The number of ether oxygens (including phenoxy) is 1. The van der Waals surface area contributed by atoms with E-state index in [4.69, 9.17) is 4.74 Å². The highest BCUT2D eigenvalue weighted by molar-refractivity contribution is 6.00. The molecular weight excluding hydrogens is 371 g/mol. The van der Waals surface area contributed by atoms with E-state index < -0.39 is 29.5 Å². The predicted molar refractivity (Wildman–Crippen MR) is 96.1 cm³/mol. The number of hydrogen-bond donors (Lipinski definition) is 0. The van der Waals surface area contributed by atoms with Crippen LogP contribution in [0.4, 0.5) is 18.9 Å². The maximum atomic E-state index is 13.3. The van der Waals surface area contributed by atoms with E-state index >= 15 is 0 Å². The van der Waals surface area contributed by atoms with Crippen molar-refractivity contribution in [1.29, 1.82) is 0 Å². The Labute approximate surface area is 159 Å². The van der Waals surface area contributed by atoms with Gasteiger partial charge in [-0.1, -0.05) is 18.2 Å². The largest absolute Gasteiger partial charge is 0.465 e. The number of carbonyl (C=O) groups is 2. The van der Waals surface area contributed by atoms with Gasteiger partial charge in [0.25, 0.3) is 0 Å². The molecule has 1 amide bonds. The van der Waals surface area contributed by atoms with Crippen LogP contribution in [0.3, 0.4) is 0 Å². The van der Waals surface area contributed by atoms with Crippen molar-refractivity contribution in [2.24, 2.45) is 5.92 Å². The summed E-state index contributed by atoms with van der Waals surface area (Å²) in [5.41, 5.74) is 1.52. The number of rotatable bonds is 3. The number of halogens is 3. The maximum absolute atomic E-state index is 13.3. The van der Waals surface area contributed by atoms with Gasteiger partial charge in [0.2, 0.25) is 5.91 Å². The van der Waals surface area contributed by atoms with E-state index in [-0.39, 0.29) is 11.5 Å². The van der Waals surface area contributed by atoms with Gasteiger partial charge in [0.15, 0.2) is 0 Å². The molecule has 1 aliphatic carbocycles. The van der Waals surface area contributed by atoms with Gasteiger partial charge in [-0.05, 0) is 54.2 Å². The van der Waals surface area contributed by atoms with Crippen LogP contribution in [0.2, 0.25) is 0 Å². The van der Waals surface area contributed by atoms with Crippen molar-refractivity contribution in [3.05, 3.63) is 64.7 Å². The molecule has 1 aliphatic heterocycles. The quantitative estimate of drug-likeness (QED) is 0.740. The van der Waals surface area contributed by atoms with Crippen LogP contribution in [0.25, 0.3) is 0 Å². The van der Waals surface area contributed by atoms with E-state index in [1.54, 1.807) is 29.2 Å². The van der Waals surface area contributed by atoms with Gasteiger partial charge < -0.3 is 9.64 Å². The summed E-state index contributed by atoms with van der Waals surface area (Å²) in [7, 11) is 1.30. The van der Waals surface area contributed by atoms with Crippen molar-refractivity contribution >= 4 is 17.6 Å². The third-order valence-electron chi connectivity index (χ3n) is 5.44. The second-order valence-electron chi connectivity index (χ2n) is 7.11. The molecule has 0 radical (unpaired) electrons. The van der Waals surface area contributed by atoms with Gasteiger partial charge in [-0.25, -0.2) is 4.79 Å². The molecule has 0 bridgehead atoms. The molecule has 7 heteroatoms. The standard InChI is InChI=1S/C21H18F3NO3/c1-28-20(27)13-6-7-18-12(10-13)8-9-25(18)19(26)16-11-15(16)14-4-2-3-5-17(14)21(22,23)24/h2-7,10,15-16H,8-9,11H2,1H3. The number of benzene rings is 2. The fraction of sp³-hybridized carbons (Fsp3) is 0.333. The summed E-state index contributed by atoms with van der Waals surface area (Å²) in [6.07, 6.45) is -3.42. The number of fused-ring (bicyclic) bond motifs is 1. The molecular formula is C21H18F3NO3. The first-order chi connectivity index (χ1) is 13.3. The van der Waals surface area contributed by atoms with Crippen LogP contribution < -0.4 is 4.90 Å². The molecule has 2 unspecified atom stereocenters. The number of carbonyl (C=O) groups excluding carboxylic acids is 2. The summed E-state index contributed by atoms with van der Waals surface area (Å²) >= 11 is 0. The van der Waals surface area contributed by atoms with E-state index in [2.05, 4.69) is 0 Å². The molecule has 4 nitrogen and oxygen atoms in total. The molecule has 0 spiro atoms.